The maximum absolute atomic E-state index is 15.5. The summed E-state index contributed by atoms with van der Waals surface area (Å²) >= 11 is 0.953. The molecule has 0 aliphatic carbocycles. The molecule has 11 atom stereocenters. The number of ketones is 2. The van der Waals surface area contributed by atoms with E-state index >= 15 is 33.6 Å². The second-order valence-corrected chi connectivity index (χ2v) is 34.2. The van der Waals surface area contributed by atoms with E-state index in [1.807, 2.05) is 6.92 Å². The number of primary amides is 1. The van der Waals surface area contributed by atoms with Crippen molar-refractivity contribution in [1.29, 1.82) is 0 Å². The van der Waals surface area contributed by atoms with Crippen LogP contribution in [0.25, 0.3) is 10.9 Å². The van der Waals surface area contributed by atoms with Gasteiger partial charge >= 0.3 is 5.97 Å². The topological polar surface area (TPSA) is 485 Å². The van der Waals surface area contributed by atoms with Crippen molar-refractivity contribution >= 4 is 117 Å². The van der Waals surface area contributed by atoms with Crippen LogP contribution in [0.15, 0.2) is 170 Å². The number of carbonyl (C=O) groups is 16. The van der Waals surface area contributed by atoms with Gasteiger partial charge in [-0.15, -0.1) is 0 Å². The number of benzene rings is 6. The molecule has 6 aromatic carbocycles. The molecule has 33 nitrogen and oxygen atoms in total. The van der Waals surface area contributed by atoms with E-state index in [0.717, 1.165) is 21.6 Å². The Morgan fingerprint density at radius 3 is 1.55 bits per heavy atom. The molecule has 1 aliphatic rings. The van der Waals surface area contributed by atoms with E-state index in [2.05, 4.69) is 47.5 Å². The second-order valence-electron chi connectivity index (χ2n) is 33.2. The van der Waals surface area contributed by atoms with Gasteiger partial charge in [0, 0.05) is 102 Å². The summed E-state index contributed by atoms with van der Waals surface area (Å²) in [5, 5.41) is 52.7. The number of carboxylic acid groups (broad SMARTS) is 1. The van der Waals surface area contributed by atoms with Gasteiger partial charge in [-0.3, -0.25) is 76.7 Å². The molecule has 1 saturated heterocycles. The fourth-order valence-electron chi connectivity index (χ4n) is 15.2. The molecular formula is C94H118N14O19S. The number of unbranched alkanes of at least 4 members (excludes halogenated alkanes) is 1. The van der Waals surface area contributed by atoms with Gasteiger partial charge in [0.2, 0.25) is 76.8 Å². The number of nitrogens with one attached hydrogen (secondary N) is 9. The van der Waals surface area contributed by atoms with Crippen molar-refractivity contribution in [1.82, 2.24) is 67.1 Å². The number of carboxylic acids is 1. The van der Waals surface area contributed by atoms with E-state index in [1.165, 1.54) is 86.5 Å². The Kier molecular flexibility index (Phi) is 38.3. The number of amides is 13. The Bertz CT molecular complexity index is 5020. The Hall–Kier alpha value is -13.3. The molecule has 128 heavy (non-hydrogen) atoms. The molecule has 1 aromatic heterocycles. The van der Waals surface area contributed by atoms with Crippen LogP contribution in [0.3, 0.4) is 0 Å². The van der Waals surface area contributed by atoms with E-state index in [0.29, 0.717) is 57.1 Å². The average molecular weight is 1780 g/mol. The molecule has 0 saturated carbocycles. The van der Waals surface area contributed by atoms with Gasteiger partial charge in [0.25, 0.3) is 0 Å². The Labute approximate surface area is 748 Å². The van der Waals surface area contributed by atoms with Gasteiger partial charge in [-0.2, -0.15) is 11.8 Å². The number of nitrogens with zero attached hydrogens (tertiary/aromatic N) is 4. The fraction of sp³-hybridized carbons (Fsp3) is 0.426. The van der Waals surface area contributed by atoms with Crippen LogP contribution in [-0.2, 0) is 115 Å². The number of para-hydroxylation sites is 1. The Balaban J connectivity index is 1.20. The maximum Gasteiger partial charge on any atom is 0.305 e. The van der Waals surface area contributed by atoms with Crippen molar-refractivity contribution in [3.05, 3.63) is 203 Å². The number of aromatic nitrogens is 1. The number of hydrogen-bond acceptors (Lipinski definition) is 19. The number of phenolic OH excluding ortho intramolecular Hbond substituents is 2. The summed E-state index contributed by atoms with van der Waals surface area (Å²) in [5.41, 5.74) is 9.26. The maximum atomic E-state index is 15.5. The number of thioether (sulfide) groups is 1. The van der Waals surface area contributed by atoms with Crippen LogP contribution in [0.4, 0.5) is 0 Å². The van der Waals surface area contributed by atoms with E-state index < -0.39 is 205 Å². The van der Waals surface area contributed by atoms with Crippen LogP contribution in [0, 0.1) is 23.7 Å². The van der Waals surface area contributed by atoms with Gasteiger partial charge < -0.3 is 88.2 Å². The van der Waals surface area contributed by atoms with Crippen LogP contribution >= 0.6 is 11.8 Å². The third-order valence-electron chi connectivity index (χ3n) is 22.3. The molecule has 14 N–H and O–H groups in total. The van der Waals surface area contributed by atoms with Crippen molar-refractivity contribution < 1.29 is 92.0 Å². The van der Waals surface area contributed by atoms with Crippen LogP contribution in [0.1, 0.15) is 113 Å². The quantitative estimate of drug-likeness (QED) is 0.0427. The van der Waals surface area contributed by atoms with Crippen molar-refractivity contribution in [2.45, 2.75) is 172 Å². The monoisotopic (exact) mass is 1780 g/mol. The predicted molar refractivity (Wildman–Crippen MR) is 480 cm³/mol. The van der Waals surface area contributed by atoms with Crippen molar-refractivity contribution in [2.75, 3.05) is 59.3 Å². The molecule has 0 bridgehead atoms. The molecule has 2 heterocycles. The van der Waals surface area contributed by atoms with Crippen LogP contribution < -0.4 is 48.3 Å². The lowest BCUT2D eigenvalue weighted by Crippen LogP contribution is -2.61. The number of fused-ring (bicyclic) bond motifs is 1. The van der Waals surface area contributed by atoms with Crippen LogP contribution in [-0.4, -0.2) is 248 Å². The highest BCUT2D eigenvalue weighted by Crippen LogP contribution is 2.27. The largest absolute Gasteiger partial charge is 0.508 e. The first-order valence-corrected chi connectivity index (χ1v) is 43.9. The molecule has 34 heteroatoms. The summed E-state index contributed by atoms with van der Waals surface area (Å²) in [6, 6.07) is 30.8. The van der Waals surface area contributed by atoms with Gasteiger partial charge in [0.1, 0.15) is 65.6 Å². The van der Waals surface area contributed by atoms with Crippen molar-refractivity contribution in [3.63, 3.8) is 0 Å². The van der Waals surface area contributed by atoms with Crippen molar-refractivity contribution in [2.24, 2.45) is 29.4 Å². The third kappa shape index (κ3) is 30.5. The standard InChI is InChI=1S/C94H118N14O19S/c1-10-11-31-76-92(125)105(6)53-82(115)100-75(49-83(116)117)89(122)104-84(57(4)5)94(127)107(8)77(44-59-25-17-13-18-26-59)90(123)103-72(42-61-32-36-66(109)37-33-61)86(119)98-52-81(114)99-74(47-64-50-96-70-30-22-21-29-69(64)70)88(121)102-73(43-62-34-38-67(110)39-35-62)87(120)101-71(40-56(2)3)79(112)48-65(85(118)97-51-80(95)113)54-128-55-68(111)46-63(41-58-23-15-12-16-24-58)91(124)108(9)78(93(126)106(76)7)45-60-27-19-14-20-28-60/h12-30,32-39,50,56-57,63,65,71-78,84,96,109-110H,10-11,31,40-49,51-55H2,1-9H3,(H2,95,113)(H,97,118)(H,98,119)(H,99,114)(H,100,115)(H,101,120)(H,102,121)(H,103,123)(H,104,122)(H,116,117)/t63-,65+,71+,72+,73+,74+,75+,76+,77+,78+,84+/m1/s1. The highest BCUT2D eigenvalue weighted by atomic mass is 32.2. The predicted octanol–water partition coefficient (Wildman–Crippen LogP) is 4.17. The number of H-pyrrole nitrogens is 1. The molecule has 7 aromatic rings. The number of aromatic hydroxyl groups is 2. The molecule has 1 fully saturated rings. The minimum Gasteiger partial charge on any atom is -0.508 e. The minimum atomic E-state index is -1.90. The Morgan fingerprint density at radius 1 is 0.508 bits per heavy atom. The molecule has 0 unspecified atom stereocenters. The first-order chi connectivity index (χ1) is 61.0. The average Bonchev–Trinajstić information content (AvgIpc) is 0.940. The summed E-state index contributed by atoms with van der Waals surface area (Å²) in [7, 11) is 5.35. The summed E-state index contributed by atoms with van der Waals surface area (Å²) in [4.78, 5) is 242. The molecular weight excluding hydrogens is 1660 g/mol. The zero-order valence-electron chi connectivity index (χ0n) is 73.5. The van der Waals surface area contributed by atoms with Gasteiger partial charge in [-0.05, 0) is 94.8 Å². The SMILES string of the molecule is CCCC[C@H]1C(=O)N(C)CC(=O)N[C@@H](CC(=O)O)C(=O)N[C@@H](C(C)C)C(=O)N(C)[C@@H](Cc2ccccc2)C(=O)N[C@@H](Cc2ccc(O)cc2)C(=O)NCC(=O)N[C@@H](Cc2c[nH]c3ccccc23)C(=O)N[C@@H](Cc2ccc(O)cc2)C(=O)N[C@@H](CC(C)C)C(=O)C[C@H](C(=O)NCC(N)=O)CSCC(=O)C[C@@H](Cc2ccccc2)C(=O)N(C)[C@@H](Cc2ccccc2)C(=O)N1C. The minimum absolute atomic E-state index is 0.00484. The molecule has 13 amide bonds. The van der Waals surface area contributed by atoms with Crippen LogP contribution in [0.5, 0.6) is 11.5 Å². The van der Waals surface area contributed by atoms with Gasteiger partial charge in [0.15, 0.2) is 5.78 Å². The van der Waals surface area contributed by atoms with E-state index in [-0.39, 0.29) is 80.3 Å². The van der Waals surface area contributed by atoms with Crippen molar-refractivity contribution in [3.8, 4) is 11.5 Å². The lowest BCUT2D eigenvalue weighted by Gasteiger charge is -2.37. The molecule has 684 valence electrons. The highest BCUT2D eigenvalue weighted by Gasteiger charge is 2.42. The number of phenols is 2. The van der Waals surface area contributed by atoms with Gasteiger partial charge in [-0.25, -0.2) is 0 Å². The summed E-state index contributed by atoms with van der Waals surface area (Å²) < 4.78 is 0. The van der Waals surface area contributed by atoms with Gasteiger partial charge in [-0.1, -0.05) is 181 Å². The lowest BCUT2D eigenvalue weighted by molar-refractivity contribution is -0.152. The molecule has 1 aliphatic heterocycles. The van der Waals surface area contributed by atoms with Crippen LogP contribution in [0.2, 0.25) is 0 Å². The smallest absolute Gasteiger partial charge is 0.305 e. The van der Waals surface area contributed by atoms with E-state index in [4.69, 9.17) is 5.73 Å². The first kappa shape index (κ1) is 100. The zero-order chi connectivity index (χ0) is 93.4. The number of Topliss-reactive ketones (excluding diaryl/α,β-unsaturated/α-hetero) is 2. The van der Waals surface area contributed by atoms with E-state index in [9.17, 15) is 58.5 Å². The highest BCUT2D eigenvalue weighted by molar-refractivity contribution is 8.00. The number of nitrogens with two attached hydrogens (primary N) is 1. The number of hydrogen-bond donors (Lipinski definition) is 13. The summed E-state index contributed by atoms with van der Waals surface area (Å²) in [6.45, 7) is 6.25. The second kappa shape index (κ2) is 49.0. The first-order valence-electron chi connectivity index (χ1n) is 42.7. The molecule has 0 radical (unpaired) electrons. The summed E-state index contributed by atoms with van der Waals surface area (Å²) in [5.74, 6) is -18.7. The number of aliphatic carboxylic acids is 1. The number of aromatic amines is 1. The summed E-state index contributed by atoms with van der Waals surface area (Å²) in [6.07, 6.45) is -0.583. The Morgan fingerprint density at radius 2 is 1.00 bits per heavy atom. The molecule has 0 spiro atoms. The fourth-order valence-corrected chi connectivity index (χ4v) is 16.2. The number of likely N-dealkylation sites (N-methyl/N-ethyl adjacent to an activating group) is 4. The normalized spacial score (nSPS) is 22.0. The number of rotatable bonds is 23. The number of carbonyl (C=O) groups excluding carboxylic acids is 15. The third-order valence-corrected chi connectivity index (χ3v) is 23.5. The zero-order valence-corrected chi connectivity index (χ0v) is 74.4. The molecule has 8 rings (SSSR count). The lowest BCUT2D eigenvalue weighted by atomic mass is 9.92. The van der Waals surface area contributed by atoms with E-state index in [1.54, 1.807) is 149 Å². The van der Waals surface area contributed by atoms with Gasteiger partial charge in [0.05, 0.1) is 43.8 Å².